The topological polar surface area (TPSA) is 79.5 Å². The summed E-state index contributed by atoms with van der Waals surface area (Å²) >= 11 is 1.60. The Kier molecular flexibility index (Phi) is 3.52. The third-order valence-electron chi connectivity index (χ3n) is 3.96. The highest BCUT2D eigenvalue weighted by Crippen LogP contribution is 2.47. The quantitative estimate of drug-likeness (QED) is 0.668. The van der Waals surface area contributed by atoms with Crippen LogP contribution < -0.4 is 0 Å². The lowest BCUT2D eigenvalue weighted by Crippen LogP contribution is -2.46. The van der Waals surface area contributed by atoms with Gasteiger partial charge in [0.25, 0.3) is 0 Å². The lowest BCUT2D eigenvalue weighted by Gasteiger charge is -2.29. The fourth-order valence-corrected chi connectivity index (χ4v) is 4.23. The standard InChI is InChI=1S/C14H16N2O4S/c1-14-5-4-12(18)16(14)10(8-21-14)13(19)20-7-11(17)9-3-2-6-15-9/h2-3,6,10,15H,4-5,7-8H2,1H3/t10-,14+/m1/s1. The van der Waals surface area contributed by atoms with Crippen LogP contribution in [0.15, 0.2) is 18.3 Å². The van der Waals surface area contributed by atoms with Crippen molar-refractivity contribution in [2.24, 2.45) is 0 Å². The number of H-pyrrole nitrogens is 1. The Bertz CT molecular complexity index is 586. The highest BCUT2D eigenvalue weighted by atomic mass is 32.2. The number of fused-ring (bicyclic) bond motifs is 1. The summed E-state index contributed by atoms with van der Waals surface area (Å²) in [4.78, 5) is 40.0. The van der Waals surface area contributed by atoms with Crippen LogP contribution in [0.3, 0.4) is 0 Å². The van der Waals surface area contributed by atoms with E-state index in [1.54, 1.807) is 35.0 Å². The molecule has 0 spiro atoms. The largest absolute Gasteiger partial charge is 0.456 e. The molecule has 0 radical (unpaired) electrons. The zero-order valence-electron chi connectivity index (χ0n) is 11.6. The summed E-state index contributed by atoms with van der Waals surface area (Å²) in [5.41, 5.74) is 0.408. The molecule has 21 heavy (non-hydrogen) atoms. The molecule has 1 aromatic rings. The van der Waals surface area contributed by atoms with Crippen molar-refractivity contribution in [2.45, 2.75) is 30.7 Å². The van der Waals surface area contributed by atoms with Gasteiger partial charge in [-0.3, -0.25) is 9.59 Å². The van der Waals surface area contributed by atoms with Gasteiger partial charge in [0.1, 0.15) is 6.04 Å². The molecule has 6 nitrogen and oxygen atoms in total. The first-order valence-corrected chi connectivity index (χ1v) is 7.79. The molecule has 1 N–H and O–H groups in total. The molecule has 3 rings (SSSR count). The minimum Gasteiger partial charge on any atom is -0.456 e. The van der Waals surface area contributed by atoms with Gasteiger partial charge in [0.15, 0.2) is 6.61 Å². The first-order chi connectivity index (χ1) is 10.0. The molecule has 1 amide bonds. The molecule has 1 aromatic heterocycles. The molecule has 0 bridgehead atoms. The van der Waals surface area contributed by atoms with Crippen LogP contribution in [0.2, 0.25) is 0 Å². The summed E-state index contributed by atoms with van der Waals surface area (Å²) in [5, 5.41) is 0. The summed E-state index contributed by atoms with van der Waals surface area (Å²) in [6.45, 7) is 1.67. The number of Topliss-reactive ketones (excluding diaryl/α,β-unsaturated/α-hetero) is 1. The molecule has 0 aliphatic carbocycles. The molecule has 2 aliphatic heterocycles. The van der Waals surface area contributed by atoms with Crippen LogP contribution >= 0.6 is 11.8 Å². The van der Waals surface area contributed by atoms with Crippen LogP contribution in [-0.4, -0.2) is 50.8 Å². The summed E-state index contributed by atoms with van der Waals surface area (Å²) in [5.74, 6) is -0.270. The number of ketones is 1. The smallest absolute Gasteiger partial charge is 0.330 e. The number of rotatable bonds is 4. The van der Waals surface area contributed by atoms with Crippen LogP contribution in [0.4, 0.5) is 0 Å². The average Bonchev–Trinajstić information content (AvgIpc) is 3.14. The number of esters is 1. The maximum Gasteiger partial charge on any atom is 0.330 e. The van der Waals surface area contributed by atoms with Crippen molar-refractivity contribution in [2.75, 3.05) is 12.4 Å². The van der Waals surface area contributed by atoms with Crippen molar-refractivity contribution in [1.29, 1.82) is 0 Å². The molecular weight excluding hydrogens is 292 g/mol. The first kappa shape index (κ1) is 14.2. The van der Waals surface area contributed by atoms with E-state index in [4.69, 9.17) is 4.74 Å². The van der Waals surface area contributed by atoms with Crippen molar-refractivity contribution in [3.63, 3.8) is 0 Å². The predicted octanol–water partition coefficient (Wildman–Crippen LogP) is 1.19. The molecule has 3 heterocycles. The zero-order valence-corrected chi connectivity index (χ0v) is 12.4. The monoisotopic (exact) mass is 308 g/mol. The first-order valence-electron chi connectivity index (χ1n) is 6.80. The Morgan fingerprint density at radius 2 is 2.38 bits per heavy atom. The van der Waals surface area contributed by atoms with E-state index in [2.05, 4.69) is 4.98 Å². The van der Waals surface area contributed by atoms with Crippen molar-refractivity contribution in [1.82, 2.24) is 9.88 Å². The Morgan fingerprint density at radius 3 is 3.10 bits per heavy atom. The van der Waals surface area contributed by atoms with Gasteiger partial charge in [0.05, 0.1) is 10.6 Å². The number of hydrogen-bond acceptors (Lipinski definition) is 5. The average molecular weight is 308 g/mol. The van der Waals surface area contributed by atoms with Crippen LogP contribution in [0.25, 0.3) is 0 Å². The minimum atomic E-state index is -0.577. The maximum atomic E-state index is 12.2. The minimum absolute atomic E-state index is 0.0138. The van der Waals surface area contributed by atoms with Crippen molar-refractivity contribution >= 4 is 29.4 Å². The zero-order chi connectivity index (χ0) is 15.0. The van der Waals surface area contributed by atoms with E-state index in [1.165, 1.54) is 0 Å². The van der Waals surface area contributed by atoms with E-state index in [1.807, 2.05) is 6.92 Å². The Labute approximate surface area is 126 Å². The summed E-state index contributed by atoms with van der Waals surface area (Å²) in [6.07, 6.45) is 2.85. The molecule has 0 unspecified atom stereocenters. The number of nitrogens with zero attached hydrogens (tertiary/aromatic N) is 1. The molecular formula is C14H16N2O4S. The number of aromatic nitrogens is 1. The van der Waals surface area contributed by atoms with Gasteiger partial charge in [-0.05, 0) is 25.5 Å². The van der Waals surface area contributed by atoms with Crippen molar-refractivity contribution in [3.8, 4) is 0 Å². The van der Waals surface area contributed by atoms with Crippen LogP contribution in [-0.2, 0) is 14.3 Å². The number of amides is 1. The normalized spacial score (nSPS) is 27.8. The SMILES string of the molecule is C[C@]12CCC(=O)N1[C@@H](C(=O)OCC(=O)c1ccc[nH]1)CS2. The summed E-state index contributed by atoms with van der Waals surface area (Å²) < 4.78 is 5.10. The number of aromatic amines is 1. The number of ether oxygens (including phenoxy) is 1. The van der Waals surface area contributed by atoms with E-state index < -0.39 is 12.0 Å². The van der Waals surface area contributed by atoms with E-state index in [-0.39, 0.29) is 23.2 Å². The highest BCUT2D eigenvalue weighted by molar-refractivity contribution is 8.01. The second-order valence-electron chi connectivity index (χ2n) is 5.38. The van der Waals surface area contributed by atoms with Crippen molar-refractivity contribution in [3.05, 3.63) is 24.0 Å². The molecule has 112 valence electrons. The number of carbonyl (C=O) groups is 3. The van der Waals surface area contributed by atoms with Gasteiger partial charge in [-0.1, -0.05) is 0 Å². The highest BCUT2D eigenvalue weighted by Gasteiger charge is 2.53. The lowest BCUT2D eigenvalue weighted by molar-refractivity contribution is -0.152. The number of carbonyl (C=O) groups excluding carboxylic acids is 3. The number of thioether (sulfide) groups is 1. The molecule has 0 saturated carbocycles. The van der Waals surface area contributed by atoms with Gasteiger partial charge < -0.3 is 14.6 Å². The molecule has 2 atom stereocenters. The Balaban J connectivity index is 1.61. The van der Waals surface area contributed by atoms with E-state index in [9.17, 15) is 14.4 Å². The fourth-order valence-electron chi connectivity index (χ4n) is 2.81. The number of nitrogens with one attached hydrogen (secondary N) is 1. The van der Waals surface area contributed by atoms with E-state index in [0.717, 1.165) is 6.42 Å². The van der Waals surface area contributed by atoms with Gasteiger partial charge in [-0.25, -0.2) is 4.79 Å². The van der Waals surface area contributed by atoms with Crippen LogP contribution in [0, 0.1) is 0 Å². The van der Waals surface area contributed by atoms with Crippen LogP contribution in [0.1, 0.15) is 30.3 Å². The van der Waals surface area contributed by atoms with E-state index in [0.29, 0.717) is 17.9 Å². The third kappa shape index (κ3) is 2.46. The summed E-state index contributed by atoms with van der Waals surface area (Å²) in [7, 11) is 0. The second kappa shape index (κ2) is 5.22. The number of hydrogen-bond donors (Lipinski definition) is 1. The molecule has 2 saturated heterocycles. The third-order valence-corrected chi connectivity index (χ3v) is 5.47. The van der Waals surface area contributed by atoms with Crippen molar-refractivity contribution < 1.29 is 19.1 Å². The molecule has 7 heteroatoms. The fraction of sp³-hybridized carbons (Fsp3) is 0.500. The van der Waals surface area contributed by atoms with Gasteiger partial charge in [-0.15, -0.1) is 11.8 Å². The lowest BCUT2D eigenvalue weighted by atomic mass is 10.2. The van der Waals surface area contributed by atoms with Gasteiger partial charge in [-0.2, -0.15) is 0 Å². The predicted molar refractivity (Wildman–Crippen MR) is 76.8 cm³/mol. The second-order valence-corrected chi connectivity index (χ2v) is 6.88. The molecule has 2 fully saturated rings. The Hall–Kier alpha value is -1.76. The maximum absolute atomic E-state index is 12.2. The summed E-state index contributed by atoms with van der Waals surface area (Å²) in [6, 6.07) is 2.76. The van der Waals surface area contributed by atoms with Gasteiger partial charge in [0.2, 0.25) is 11.7 Å². The Morgan fingerprint density at radius 1 is 1.57 bits per heavy atom. The van der Waals surface area contributed by atoms with Crippen LogP contribution in [0.5, 0.6) is 0 Å². The van der Waals surface area contributed by atoms with Gasteiger partial charge in [0, 0.05) is 18.4 Å². The van der Waals surface area contributed by atoms with Gasteiger partial charge >= 0.3 is 5.97 Å². The molecule has 2 aliphatic rings. The van der Waals surface area contributed by atoms with E-state index >= 15 is 0 Å². The molecule has 0 aromatic carbocycles.